The van der Waals surface area contributed by atoms with Gasteiger partial charge in [0.15, 0.2) is 5.78 Å². The van der Waals surface area contributed by atoms with Crippen molar-refractivity contribution < 1.29 is 4.79 Å². The van der Waals surface area contributed by atoms with Crippen LogP contribution in [0, 0.1) is 19.3 Å². The highest BCUT2D eigenvalue weighted by Crippen LogP contribution is 2.42. The Morgan fingerprint density at radius 2 is 1.97 bits per heavy atom. The van der Waals surface area contributed by atoms with Crippen LogP contribution >= 0.6 is 39.0 Å². The Balaban J connectivity index is 1.68. The second-order valence-electron chi connectivity index (χ2n) is 6.80. The molecule has 1 atom stereocenters. The first-order chi connectivity index (χ1) is 13.9. The van der Waals surface area contributed by atoms with Gasteiger partial charge < -0.3 is 4.57 Å². The maximum absolute atomic E-state index is 13.0. The molecule has 0 amide bonds. The Bertz CT molecular complexity index is 1140. The number of aryl methyl sites for hydroxylation is 2. The maximum Gasteiger partial charge on any atom is 0.186 e. The first kappa shape index (κ1) is 20.3. The van der Waals surface area contributed by atoms with E-state index in [1.165, 1.54) is 23.1 Å². The number of carbonyl (C=O) groups is 1. The van der Waals surface area contributed by atoms with Crippen LogP contribution < -0.4 is 0 Å². The minimum absolute atomic E-state index is 0.0627. The molecule has 1 fully saturated rings. The molecule has 1 aromatic carbocycles. The highest BCUT2D eigenvalue weighted by molar-refractivity contribution is 9.10. The number of allylic oxidation sites excluding steroid dienone is 1. The summed E-state index contributed by atoms with van der Waals surface area (Å²) in [6.07, 6.45) is 2.69. The van der Waals surface area contributed by atoms with Gasteiger partial charge in [-0.25, -0.2) is 0 Å². The van der Waals surface area contributed by atoms with Crippen molar-refractivity contribution in [1.82, 2.24) is 14.8 Å². The van der Waals surface area contributed by atoms with Crippen molar-refractivity contribution in [2.24, 2.45) is 0 Å². The van der Waals surface area contributed by atoms with Gasteiger partial charge in [0, 0.05) is 21.5 Å². The molecule has 3 heterocycles. The molecule has 8 heteroatoms. The van der Waals surface area contributed by atoms with Crippen LogP contribution in [-0.2, 0) is 11.2 Å². The second-order valence-corrected chi connectivity index (χ2v) is 9.89. The third-order valence-electron chi connectivity index (χ3n) is 4.86. The van der Waals surface area contributed by atoms with Crippen LogP contribution in [0.2, 0.25) is 0 Å². The van der Waals surface area contributed by atoms with Gasteiger partial charge in [-0.05, 0) is 62.2 Å². The highest BCUT2D eigenvalue weighted by atomic mass is 79.9. The number of hydrogen-bond donors (Lipinski definition) is 1. The number of Topliss-reactive ketones (excluding diaryl/α,β-unsaturated/α-hetero) is 1. The summed E-state index contributed by atoms with van der Waals surface area (Å²) in [4.78, 5) is 13.6. The van der Waals surface area contributed by atoms with Crippen molar-refractivity contribution in [3.8, 4) is 5.69 Å². The summed E-state index contributed by atoms with van der Waals surface area (Å²) >= 11 is 6.12. The van der Waals surface area contributed by atoms with Crippen LogP contribution in [-0.4, -0.2) is 25.6 Å². The molecule has 1 N–H and O–H groups in total. The standard InChI is InChI=1S/C21H19BrN4OS2/c1-4-17-24-25-21(29-17)18-19(27)16(28-20(18)23)10-13-9-11(2)26(12(13)3)15-7-5-14(22)6-8-15/h5-10,18,23H,4H2,1-3H3/b16-10-,23-20?/t18-/m0/s1. The molecular formula is C21H19BrN4OS2. The molecule has 3 aromatic rings. The first-order valence-corrected chi connectivity index (χ1v) is 11.6. The maximum atomic E-state index is 13.0. The fourth-order valence-corrected chi connectivity index (χ4v) is 5.61. The minimum atomic E-state index is -0.612. The van der Waals surface area contributed by atoms with E-state index in [9.17, 15) is 4.79 Å². The monoisotopic (exact) mass is 486 g/mol. The minimum Gasteiger partial charge on any atom is -0.318 e. The molecule has 0 aliphatic carbocycles. The van der Waals surface area contributed by atoms with Gasteiger partial charge in [-0.3, -0.25) is 10.2 Å². The highest BCUT2D eigenvalue weighted by Gasteiger charge is 2.39. The van der Waals surface area contributed by atoms with Gasteiger partial charge in [0.1, 0.15) is 15.9 Å². The number of aromatic nitrogens is 3. The Morgan fingerprint density at radius 3 is 2.62 bits per heavy atom. The summed E-state index contributed by atoms with van der Waals surface area (Å²) in [7, 11) is 0. The molecule has 29 heavy (non-hydrogen) atoms. The zero-order valence-corrected chi connectivity index (χ0v) is 19.4. The Morgan fingerprint density at radius 1 is 1.24 bits per heavy atom. The fraction of sp³-hybridized carbons (Fsp3) is 0.238. The number of benzene rings is 1. The van der Waals surface area contributed by atoms with Gasteiger partial charge in [-0.15, -0.1) is 21.5 Å². The number of thioether (sulfide) groups is 1. The summed E-state index contributed by atoms with van der Waals surface area (Å²) < 4.78 is 3.20. The Labute approximate surface area is 185 Å². The van der Waals surface area contributed by atoms with Crippen LogP contribution in [0.3, 0.4) is 0 Å². The number of hydrogen-bond acceptors (Lipinski definition) is 6. The summed E-state index contributed by atoms with van der Waals surface area (Å²) in [5, 5.41) is 18.4. The zero-order valence-electron chi connectivity index (χ0n) is 16.2. The predicted octanol–water partition coefficient (Wildman–Crippen LogP) is 5.69. The molecule has 5 nitrogen and oxygen atoms in total. The van der Waals surface area contributed by atoms with E-state index < -0.39 is 5.92 Å². The summed E-state index contributed by atoms with van der Waals surface area (Å²) in [6, 6.07) is 10.2. The smallest absolute Gasteiger partial charge is 0.186 e. The van der Waals surface area contributed by atoms with Gasteiger partial charge in [-0.1, -0.05) is 34.6 Å². The molecule has 1 aliphatic heterocycles. The molecule has 0 unspecified atom stereocenters. The van der Waals surface area contributed by atoms with Crippen molar-refractivity contribution in [3.63, 3.8) is 0 Å². The van der Waals surface area contributed by atoms with Crippen molar-refractivity contribution in [2.45, 2.75) is 33.1 Å². The topological polar surface area (TPSA) is 71.6 Å². The molecule has 4 rings (SSSR count). The average Bonchev–Trinajstić information content (AvgIpc) is 3.34. The zero-order chi connectivity index (χ0) is 20.7. The van der Waals surface area contributed by atoms with Crippen molar-refractivity contribution in [1.29, 1.82) is 5.41 Å². The lowest BCUT2D eigenvalue weighted by Gasteiger charge is -2.09. The molecule has 1 aliphatic rings. The van der Waals surface area contributed by atoms with Crippen LogP contribution in [0.4, 0.5) is 0 Å². The normalized spacial score (nSPS) is 18.2. The third-order valence-corrected chi connectivity index (χ3v) is 7.52. The van der Waals surface area contributed by atoms with Gasteiger partial charge in [-0.2, -0.15) is 0 Å². The van der Waals surface area contributed by atoms with Gasteiger partial charge in [0.2, 0.25) is 0 Å². The number of ketones is 1. The molecule has 1 saturated heterocycles. The molecule has 2 aromatic heterocycles. The van der Waals surface area contributed by atoms with E-state index in [2.05, 4.69) is 55.8 Å². The molecule has 148 valence electrons. The van der Waals surface area contributed by atoms with Crippen molar-refractivity contribution >= 4 is 55.9 Å². The van der Waals surface area contributed by atoms with E-state index >= 15 is 0 Å². The predicted molar refractivity (Wildman–Crippen MR) is 123 cm³/mol. The van der Waals surface area contributed by atoms with Gasteiger partial charge >= 0.3 is 0 Å². The third kappa shape index (κ3) is 3.76. The van der Waals surface area contributed by atoms with E-state index in [0.717, 1.165) is 38.5 Å². The Hall–Kier alpha value is -2.03. The average molecular weight is 487 g/mol. The van der Waals surface area contributed by atoms with E-state index in [0.29, 0.717) is 15.0 Å². The molecule has 0 spiro atoms. The fourth-order valence-electron chi connectivity index (χ4n) is 3.40. The molecular weight excluding hydrogens is 468 g/mol. The quantitative estimate of drug-likeness (QED) is 0.480. The molecule has 0 bridgehead atoms. The lowest BCUT2D eigenvalue weighted by molar-refractivity contribution is -0.114. The van der Waals surface area contributed by atoms with Gasteiger partial charge in [0.05, 0.1) is 9.95 Å². The van der Waals surface area contributed by atoms with Crippen molar-refractivity contribution in [2.75, 3.05) is 0 Å². The number of carbonyl (C=O) groups excluding carboxylic acids is 1. The largest absolute Gasteiger partial charge is 0.318 e. The summed E-state index contributed by atoms with van der Waals surface area (Å²) in [6.45, 7) is 6.11. The summed E-state index contributed by atoms with van der Waals surface area (Å²) in [5.74, 6) is -0.675. The SMILES string of the molecule is CCc1nnc([C@@H]2C(=N)S/C(=C\c3cc(C)n(-c4ccc(Br)cc4)c3C)C2=O)s1. The van der Waals surface area contributed by atoms with E-state index in [1.807, 2.05) is 32.1 Å². The lowest BCUT2D eigenvalue weighted by atomic mass is 10.1. The molecule has 0 radical (unpaired) electrons. The van der Waals surface area contributed by atoms with E-state index in [-0.39, 0.29) is 5.78 Å². The number of halogens is 1. The second kappa shape index (κ2) is 8.01. The van der Waals surface area contributed by atoms with Crippen molar-refractivity contribution in [3.05, 3.63) is 66.7 Å². The van der Waals surface area contributed by atoms with Crippen LogP contribution in [0.1, 0.15) is 39.8 Å². The summed E-state index contributed by atoms with van der Waals surface area (Å²) in [5.41, 5.74) is 4.21. The first-order valence-electron chi connectivity index (χ1n) is 9.18. The van der Waals surface area contributed by atoms with Crippen LogP contribution in [0.5, 0.6) is 0 Å². The van der Waals surface area contributed by atoms with Crippen LogP contribution in [0.15, 0.2) is 39.7 Å². The van der Waals surface area contributed by atoms with Crippen LogP contribution in [0.25, 0.3) is 11.8 Å². The lowest BCUT2D eigenvalue weighted by Crippen LogP contribution is -2.11. The number of rotatable bonds is 4. The molecule has 0 saturated carbocycles. The van der Waals surface area contributed by atoms with E-state index in [4.69, 9.17) is 5.41 Å². The Kier molecular flexibility index (Phi) is 5.59. The van der Waals surface area contributed by atoms with E-state index in [1.54, 1.807) is 0 Å². The van der Waals surface area contributed by atoms with Gasteiger partial charge in [0.25, 0.3) is 0 Å². The number of nitrogens with one attached hydrogen (secondary N) is 1. The number of nitrogens with zero attached hydrogens (tertiary/aromatic N) is 3.